The van der Waals surface area contributed by atoms with Crippen LogP contribution >= 0.6 is 0 Å². The van der Waals surface area contributed by atoms with Crippen molar-refractivity contribution in [3.8, 4) is 11.8 Å². The molecule has 9 heteroatoms. The third-order valence-electron chi connectivity index (χ3n) is 4.50. The van der Waals surface area contributed by atoms with Gasteiger partial charge >= 0.3 is 5.97 Å². The van der Waals surface area contributed by atoms with Gasteiger partial charge in [-0.3, -0.25) is 4.79 Å². The maximum Gasteiger partial charge on any atom is 0.347 e. The fourth-order valence-corrected chi connectivity index (χ4v) is 4.79. The molecule has 1 aliphatic heterocycles. The Morgan fingerprint density at radius 2 is 1.90 bits per heavy atom. The summed E-state index contributed by atoms with van der Waals surface area (Å²) in [7, 11) is -3.14. The van der Waals surface area contributed by atoms with Gasteiger partial charge in [-0.1, -0.05) is 13.8 Å². The topological polar surface area (TPSA) is 114 Å². The van der Waals surface area contributed by atoms with E-state index in [0.717, 1.165) is 0 Å². The van der Waals surface area contributed by atoms with Crippen LogP contribution < -0.4 is 4.74 Å². The molecule has 1 aliphatic rings. The third kappa shape index (κ3) is 6.75. The number of nitriles is 1. The zero-order valence-electron chi connectivity index (χ0n) is 16.8. The van der Waals surface area contributed by atoms with Crippen molar-refractivity contribution in [3.05, 3.63) is 29.8 Å². The van der Waals surface area contributed by atoms with E-state index in [4.69, 9.17) is 14.7 Å². The smallest absolute Gasteiger partial charge is 0.347 e. The summed E-state index contributed by atoms with van der Waals surface area (Å²) >= 11 is 0. The first kappa shape index (κ1) is 22.7. The lowest BCUT2D eigenvalue weighted by Crippen LogP contribution is -2.45. The number of hydrogen-bond acceptors (Lipinski definition) is 7. The Labute approximate surface area is 171 Å². The summed E-state index contributed by atoms with van der Waals surface area (Å²) in [5.41, 5.74) is 0.470. The van der Waals surface area contributed by atoms with Gasteiger partial charge in [0.05, 0.1) is 23.1 Å². The molecule has 158 valence electrons. The van der Waals surface area contributed by atoms with Crippen molar-refractivity contribution in [1.29, 1.82) is 5.26 Å². The fraction of sp³-hybridized carbons (Fsp3) is 0.550. The number of benzene rings is 1. The van der Waals surface area contributed by atoms with Gasteiger partial charge in [-0.15, -0.1) is 0 Å². The number of carbonyl (C=O) groups is 2. The monoisotopic (exact) mass is 422 g/mol. The Kier molecular flexibility index (Phi) is 7.62. The van der Waals surface area contributed by atoms with Gasteiger partial charge in [0.1, 0.15) is 5.75 Å². The van der Waals surface area contributed by atoms with Gasteiger partial charge in [-0.05, 0) is 43.5 Å². The lowest BCUT2D eigenvalue weighted by atomic mass is 10.1. The van der Waals surface area contributed by atoms with Gasteiger partial charge in [0.25, 0.3) is 5.91 Å². The molecule has 1 saturated heterocycles. The van der Waals surface area contributed by atoms with E-state index in [1.54, 1.807) is 24.3 Å². The molecule has 0 bridgehead atoms. The van der Waals surface area contributed by atoms with E-state index in [1.807, 2.05) is 19.9 Å². The highest BCUT2D eigenvalue weighted by Crippen LogP contribution is 2.19. The van der Waals surface area contributed by atoms with Crippen LogP contribution in [0.5, 0.6) is 5.75 Å². The quantitative estimate of drug-likeness (QED) is 0.584. The summed E-state index contributed by atoms with van der Waals surface area (Å²) in [6, 6.07) is 7.87. The lowest BCUT2D eigenvalue weighted by molar-refractivity contribution is -0.158. The molecule has 29 heavy (non-hydrogen) atoms. The highest BCUT2D eigenvalue weighted by atomic mass is 32.2. The van der Waals surface area contributed by atoms with Crippen molar-refractivity contribution in [2.24, 2.45) is 5.92 Å². The fourth-order valence-electron chi connectivity index (χ4n) is 3.06. The van der Waals surface area contributed by atoms with Gasteiger partial charge in [0.2, 0.25) is 0 Å². The summed E-state index contributed by atoms with van der Waals surface area (Å²) in [5, 5.41) is 8.79. The first-order chi connectivity index (χ1) is 13.6. The van der Waals surface area contributed by atoms with Crippen molar-refractivity contribution in [1.82, 2.24) is 4.90 Å². The number of rotatable bonds is 8. The average Bonchev–Trinajstić information content (AvgIpc) is 3.03. The van der Waals surface area contributed by atoms with E-state index in [0.29, 0.717) is 24.3 Å². The summed E-state index contributed by atoms with van der Waals surface area (Å²) in [6.07, 6.45) is -0.548. The lowest BCUT2D eigenvalue weighted by Gasteiger charge is -2.29. The van der Waals surface area contributed by atoms with E-state index in [1.165, 1.54) is 11.8 Å². The van der Waals surface area contributed by atoms with Gasteiger partial charge in [0, 0.05) is 12.6 Å². The van der Waals surface area contributed by atoms with E-state index >= 15 is 0 Å². The van der Waals surface area contributed by atoms with Crippen LogP contribution in [0.15, 0.2) is 24.3 Å². The second-order valence-electron chi connectivity index (χ2n) is 7.50. The number of nitrogens with zero attached hydrogens (tertiary/aromatic N) is 2. The minimum absolute atomic E-state index is 0.0579. The molecule has 0 aliphatic carbocycles. The van der Waals surface area contributed by atoms with E-state index < -0.39 is 34.4 Å². The minimum atomic E-state index is -3.14. The highest BCUT2D eigenvalue weighted by molar-refractivity contribution is 7.91. The predicted octanol–water partition coefficient (Wildman–Crippen LogP) is 1.54. The third-order valence-corrected chi connectivity index (χ3v) is 6.25. The maximum absolute atomic E-state index is 12.6. The second kappa shape index (κ2) is 9.74. The minimum Gasteiger partial charge on any atom is -0.479 e. The van der Waals surface area contributed by atoms with Crippen LogP contribution in [0.25, 0.3) is 0 Å². The Morgan fingerprint density at radius 1 is 1.24 bits per heavy atom. The number of carbonyl (C=O) groups excluding carboxylic acids is 2. The first-order valence-corrected chi connectivity index (χ1v) is 11.3. The molecule has 1 aromatic rings. The normalized spacial score (nSPS) is 18.7. The standard InChI is InChI=1S/C20H26N2O6S/c1-14(2)11-22(17-8-9-29(25,26)13-17)19(23)12-27-20(24)15(3)28-18-6-4-16(10-21)5-7-18/h4-7,14-15,17H,8-9,11-13H2,1-3H3/t15-,17+/m0/s1. The SMILES string of the molecule is CC(C)CN(C(=O)COC(=O)[C@H](C)Oc1ccc(C#N)cc1)[C@@H]1CCS(=O)(=O)C1. The predicted molar refractivity (Wildman–Crippen MR) is 106 cm³/mol. The summed E-state index contributed by atoms with van der Waals surface area (Å²) in [4.78, 5) is 26.3. The molecule has 2 atom stereocenters. The van der Waals surface area contributed by atoms with Crippen LogP contribution in [0.3, 0.4) is 0 Å². The molecule has 0 unspecified atom stereocenters. The number of hydrogen-bond donors (Lipinski definition) is 0. The molecule has 2 rings (SSSR count). The van der Waals surface area contributed by atoms with Crippen molar-refractivity contribution < 1.29 is 27.5 Å². The summed E-state index contributed by atoms with van der Waals surface area (Å²) in [5.74, 6) is -0.563. The van der Waals surface area contributed by atoms with Gasteiger partial charge in [-0.2, -0.15) is 5.26 Å². The van der Waals surface area contributed by atoms with E-state index in [9.17, 15) is 18.0 Å². The molecule has 1 amide bonds. The molecular formula is C20H26N2O6S. The molecule has 1 heterocycles. The van der Waals surface area contributed by atoms with Crippen LogP contribution in [0, 0.1) is 17.2 Å². The molecule has 1 fully saturated rings. The highest BCUT2D eigenvalue weighted by Gasteiger charge is 2.35. The molecule has 0 spiro atoms. The van der Waals surface area contributed by atoms with Crippen molar-refractivity contribution in [2.75, 3.05) is 24.7 Å². The molecule has 0 aromatic heterocycles. The summed E-state index contributed by atoms with van der Waals surface area (Å²) in [6.45, 7) is 5.30. The molecular weight excluding hydrogens is 396 g/mol. The maximum atomic E-state index is 12.6. The first-order valence-electron chi connectivity index (χ1n) is 9.44. The van der Waals surface area contributed by atoms with Crippen molar-refractivity contribution in [2.45, 2.75) is 39.3 Å². The second-order valence-corrected chi connectivity index (χ2v) is 9.73. The number of amides is 1. The Hall–Kier alpha value is -2.60. The van der Waals surface area contributed by atoms with Crippen LogP contribution in [-0.2, 0) is 24.2 Å². The van der Waals surface area contributed by atoms with E-state index in [2.05, 4.69) is 0 Å². The molecule has 1 aromatic carbocycles. The molecule has 0 N–H and O–H groups in total. The zero-order chi connectivity index (χ0) is 21.6. The average molecular weight is 423 g/mol. The Morgan fingerprint density at radius 3 is 2.41 bits per heavy atom. The van der Waals surface area contributed by atoms with Crippen LogP contribution in [0.2, 0.25) is 0 Å². The Bertz CT molecular complexity index is 873. The Balaban J connectivity index is 1.91. The van der Waals surface area contributed by atoms with Gasteiger partial charge in [-0.25, -0.2) is 13.2 Å². The number of ether oxygens (including phenoxy) is 2. The van der Waals surface area contributed by atoms with Gasteiger partial charge in [0.15, 0.2) is 22.5 Å². The van der Waals surface area contributed by atoms with Crippen molar-refractivity contribution >= 4 is 21.7 Å². The number of sulfone groups is 1. The van der Waals surface area contributed by atoms with Crippen molar-refractivity contribution in [3.63, 3.8) is 0 Å². The van der Waals surface area contributed by atoms with Crippen LogP contribution in [0.4, 0.5) is 0 Å². The largest absolute Gasteiger partial charge is 0.479 e. The summed E-state index contributed by atoms with van der Waals surface area (Å²) < 4.78 is 34.1. The zero-order valence-corrected chi connectivity index (χ0v) is 17.6. The molecule has 0 saturated carbocycles. The van der Waals surface area contributed by atoms with Gasteiger partial charge < -0.3 is 14.4 Å². The van der Waals surface area contributed by atoms with Crippen LogP contribution in [0.1, 0.15) is 32.8 Å². The van der Waals surface area contributed by atoms with Crippen LogP contribution in [-0.4, -0.2) is 62.0 Å². The molecule has 0 radical (unpaired) electrons. The molecule has 8 nitrogen and oxygen atoms in total. The number of esters is 1. The van der Waals surface area contributed by atoms with E-state index in [-0.39, 0.29) is 23.5 Å².